The third-order valence-electron chi connectivity index (χ3n) is 3.56. The lowest BCUT2D eigenvalue weighted by molar-refractivity contribution is 0.626. The minimum atomic E-state index is -0.318. The molecule has 0 aliphatic heterocycles. The summed E-state index contributed by atoms with van der Waals surface area (Å²) in [5.41, 5.74) is 1.90. The van der Waals surface area contributed by atoms with Gasteiger partial charge in [0.2, 0.25) is 0 Å². The molecule has 0 radical (unpaired) electrons. The summed E-state index contributed by atoms with van der Waals surface area (Å²) in [5, 5.41) is 6.23. The zero-order valence-corrected chi connectivity index (χ0v) is 12.4. The van der Waals surface area contributed by atoms with Crippen LogP contribution in [0.5, 0.6) is 0 Å². The summed E-state index contributed by atoms with van der Waals surface area (Å²) in [6, 6.07) is 18.9. The van der Waals surface area contributed by atoms with Gasteiger partial charge in [-0.05, 0) is 47.5 Å². The van der Waals surface area contributed by atoms with Gasteiger partial charge in [-0.3, -0.25) is 0 Å². The van der Waals surface area contributed by atoms with Crippen molar-refractivity contribution in [2.75, 3.05) is 5.32 Å². The summed E-state index contributed by atoms with van der Waals surface area (Å²) < 4.78 is 13.1. The summed E-state index contributed by atoms with van der Waals surface area (Å²) in [7, 11) is 0. The lowest BCUT2D eigenvalue weighted by Gasteiger charge is -2.17. The summed E-state index contributed by atoms with van der Waals surface area (Å²) in [5.74, 6) is -0.318. The Hall–Kier alpha value is -2.06. The van der Waals surface area contributed by atoms with Crippen LogP contribution in [0, 0.1) is 5.82 Å². The summed E-state index contributed by atoms with van der Waals surface area (Å²) in [6.07, 6.45) is 0. The number of hydrogen-bond donors (Lipinski definition) is 1. The molecular weight excluding hydrogens is 285 g/mol. The van der Waals surface area contributed by atoms with Gasteiger partial charge in [-0.25, -0.2) is 4.39 Å². The molecule has 1 nitrogen and oxygen atoms in total. The number of benzene rings is 3. The molecule has 21 heavy (non-hydrogen) atoms. The quantitative estimate of drug-likeness (QED) is 0.644. The van der Waals surface area contributed by atoms with Gasteiger partial charge in [0.25, 0.3) is 0 Å². The van der Waals surface area contributed by atoms with Crippen molar-refractivity contribution in [2.24, 2.45) is 0 Å². The van der Waals surface area contributed by atoms with Gasteiger partial charge in [0.15, 0.2) is 0 Å². The molecule has 0 heterocycles. The Kier molecular flexibility index (Phi) is 3.80. The van der Waals surface area contributed by atoms with Crippen LogP contribution in [0.1, 0.15) is 18.5 Å². The second-order valence-corrected chi connectivity index (χ2v) is 5.50. The van der Waals surface area contributed by atoms with Crippen molar-refractivity contribution in [1.82, 2.24) is 0 Å². The van der Waals surface area contributed by atoms with Crippen molar-refractivity contribution in [3.63, 3.8) is 0 Å². The SMILES string of the molecule is CC(Nc1ccc2ccccc2c1)c1ccc(F)cc1Cl. The Morgan fingerprint density at radius 1 is 0.952 bits per heavy atom. The first-order chi connectivity index (χ1) is 10.1. The van der Waals surface area contributed by atoms with Gasteiger partial charge < -0.3 is 5.32 Å². The lowest BCUT2D eigenvalue weighted by Crippen LogP contribution is -2.07. The summed E-state index contributed by atoms with van der Waals surface area (Å²) in [4.78, 5) is 0. The van der Waals surface area contributed by atoms with Crippen LogP contribution in [0.25, 0.3) is 10.8 Å². The molecule has 0 saturated heterocycles. The van der Waals surface area contributed by atoms with E-state index in [4.69, 9.17) is 11.6 Å². The zero-order valence-electron chi connectivity index (χ0n) is 11.6. The molecule has 1 N–H and O–H groups in total. The van der Waals surface area contributed by atoms with Crippen LogP contribution in [0.3, 0.4) is 0 Å². The molecule has 0 spiro atoms. The molecule has 1 atom stereocenters. The van der Waals surface area contributed by atoms with Crippen LogP contribution < -0.4 is 5.32 Å². The van der Waals surface area contributed by atoms with Crippen molar-refractivity contribution in [1.29, 1.82) is 0 Å². The van der Waals surface area contributed by atoms with Gasteiger partial charge in [-0.15, -0.1) is 0 Å². The van der Waals surface area contributed by atoms with Crippen molar-refractivity contribution in [3.05, 3.63) is 77.1 Å². The molecule has 3 heteroatoms. The molecule has 3 aromatic carbocycles. The fourth-order valence-corrected chi connectivity index (χ4v) is 2.79. The molecule has 0 amide bonds. The van der Waals surface area contributed by atoms with Crippen LogP contribution in [0.2, 0.25) is 5.02 Å². The molecule has 0 saturated carbocycles. The molecule has 3 aromatic rings. The average molecular weight is 300 g/mol. The highest BCUT2D eigenvalue weighted by Gasteiger charge is 2.10. The van der Waals surface area contributed by atoms with Crippen LogP contribution in [0.15, 0.2) is 60.7 Å². The van der Waals surface area contributed by atoms with Crippen molar-refractivity contribution >= 4 is 28.1 Å². The number of anilines is 1. The van der Waals surface area contributed by atoms with Crippen molar-refractivity contribution < 1.29 is 4.39 Å². The largest absolute Gasteiger partial charge is 0.378 e. The first-order valence-electron chi connectivity index (χ1n) is 6.84. The fraction of sp³-hybridized carbons (Fsp3) is 0.111. The lowest BCUT2D eigenvalue weighted by atomic mass is 10.1. The molecule has 0 aliphatic rings. The minimum Gasteiger partial charge on any atom is -0.378 e. The van der Waals surface area contributed by atoms with Crippen molar-refractivity contribution in [2.45, 2.75) is 13.0 Å². The molecule has 106 valence electrons. The third-order valence-corrected chi connectivity index (χ3v) is 3.89. The Balaban J connectivity index is 1.87. The second-order valence-electron chi connectivity index (χ2n) is 5.09. The average Bonchev–Trinajstić information content (AvgIpc) is 2.47. The van der Waals surface area contributed by atoms with E-state index in [2.05, 4.69) is 29.6 Å². The molecule has 0 aromatic heterocycles. The van der Waals surface area contributed by atoms with E-state index in [9.17, 15) is 4.39 Å². The predicted molar refractivity (Wildman–Crippen MR) is 87.4 cm³/mol. The molecule has 0 bridgehead atoms. The monoisotopic (exact) mass is 299 g/mol. The first kappa shape index (κ1) is 13.9. The standard InChI is InChI=1S/C18H15ClFN/c1-12(17-9-7-15(20)11-18(17)19)21-16-8-6-13-4-2-3-5-14(13)10-16/h2-12,21H,1H3. The van der Waals surface area contributed by atoms with Gasteiger partial charge in [0, 0.05) is 16.8 Å². The Morgan fingerprint density at radius 3 is 2.48 bits per heavy atom. The van der Waals surface area contributed by atoms with E-state index < -0.39 is 0 Å². The van der Waals surface area contributed by atoms with Gasteiger partial charge in [-0.1, -0.05) is 48.0 Å². The maximum Gasteiger partial charge on any atom is 0.124 e. The Labute approximate surface area is 128 Å². The van der Waals surface area contributed by atoms with Crippen LogP contribution in [0.4, 0.5) is 10.1 Å². The number of halogens is 2. The minimum absolute atomic E-state index is 0.000683. The highest BCUT2D eigenvalue weighted by atomic mass is 35.5. The number of nitrogens with one attached hydrogen (secondary N) is 1. The summed E-state index contributed by atoms with van der Waals surface area (Å²) >= 11 is 6.11. The van der Waals surface area contributed by atoms with E-state index in [0.717, 1.165) is 11.3 Å². The molecule has 0 aliphatic carbocycles. The number of rotatable bonds is 3. The molecule has 3 rings (SSSR count). The van der Waals surface area contributed by atoms with Crippen LogP contribution >= 0.6 is 11.6 Å². The predicted octanol–water partition coefficient (Wildman–Crippen LogP) is 5.81. The van der Waals surface area contributed by atoms with Crippen LogP contribution in [-0.4, -0.2) is 0 Å². The Morgan fingerprint density at radius 2 is 1.71 bits per heavy atom. The van der Waals surface area contributed by atoms with Crippen LogP contribution in [-0.2, 0) is 0 Å². The summed E-state index contributed by atoms with van der Waals surface area (Å²) in [6.45, 7) is 2.01. The van der Waals surface area contributed by atoms with E-state index >= 15 is 0 Å². The topological polar surface area (TPSA) is 12.0 Å². The van der Waals surface area contributed by atoms with Crippen molar-refractivity contribution in [3.8, 4) is 0 Å². The Bertz CT molecular complexity index is 785. The maximum atomic E-state index is 13.1. The van der Waals surface area contributed by atoms with E-state index in [-0.39, 0.29) is 11.9 Å². The van der Waals surface area contributed by atoms with E-state index in [1.54, 1.807) is 6.07 Å². The second kappa shape index (κ2) is 5.74. The third kappa shape index (κ3) is 3.01. The molecule has 0 fully saturated rings. The molecular formula is C18H15ClFN. The van der Waals surface area contributed by atoms with Gasteiger partial charge in [-0.2, -0.15) is 0 Å². The zero-order chi connectivity index (χ0) is 14.8. The smallest absolute Gasteiger partial charge is 0.124 e. The number of hydrogen-bond acceptors (Lipinski definition) is 1. The highest BCUT2D eigenvalue weighted by Crippen LogP contribution is 2.28. The fourth-order valence-electron chi connectivity index (χ4n) is 2.46. The maximum absolute atomic E-state index is 13.1. The molecule has 1 unspecified atom stereocenters. The van der Waals surface area contributed by atoms with Gasteiger partial charge in [0.05, 0.1) is 0 Å². The van der Waals surface area contributed by atoms with E-state index in [1.807, 2.05) is 25.1 Å². The van der Waals surface area contributed by atoms with E-state index in [0.29, 0.717) is 5.02 Å². The highest BCUT2D eigenvalue weighted by molar-refractivity contribution is 6.31. The van der Waals surface area contributed by atoms with E-state index in [1.165, 1.54) is 22.9 Å². The normalized spacial score (nSPS) is 12.3. The first-order valence-corrected chi connectivity index (χ1v) is 7.21. The van der Waals surface area contributed by atoms with Gasteiger partial charge in [0.1, 0.15) is 5.82 Å². The van der Waals surface area contributed by atoms with Gasteiger partial charge >= 0.3 is 0 Å². The number of fused-ring (bicyclic) bond motifs is 1.